The van der Waals surface area contributed by atoms with Gasteiger partial charge >= 0.3 is 0 Å². The number of carbonyl (C=O) groups is 1. The van der Waals surface area contributed by atoms with Crippen LogP contribution < -0.4 is 15.8 Å². The predicted molar refractivity (Wildman–Crippen MR) is 119 cm³/mol. The maximum atomic E-state index is 15.5. The number of hydrogen-bond acceptors (Lipinski definition) is 6. The Balaban J connectivity index is 1.74. The number of nitrogens with two attached hydrogens (primary N) is 1. The summed E-state index contributed by atoms with van der Waals surface area (Å²) >= 11 is 7.54. The van der Waals surface area contributed by atoms with Gasteiger partial charge < -0.3 is 20.7 Å². The molecular formula is C22H17ClF2N4O2S. The summed E-state index contributed by atoms with van der Waals surface area (Å²) in [7, 11) is 0. The lowest BCUT2D eigenvalue weighted by Gasteiger charge is -2.38. The lowest BCUT2D eigenvalue weighted by atomic mass is 9.96. The number of rotatable bonds is 1. The van der Waals surface area contributed by atoms with Crippen molar-refractivity contribution in [3.05, 3.63) is 46.0 Å². The van der Waals surface area contributed by atoms with Gasteiger partial charge in [-0.3, -0.25) is 4.79 Å². The first kappa shape index (κ1) is 20.9. The van der Waals surface area contributed by atoms with Crippen LogP contribution in [-0.2, 0) is 0 Å². The third-order valence-corrected chi connectivity index (χ3v) is 7.30. The molecule has 0 radical (unpaired) electrons. The number of carbonyl (C=O) groups excluding carboxylic acids is 1. The Hall–Kier alpha value is -2.93. The van der Waals surface area contributed by atoms with E-state index in [1.165, 1.54) is 12.1 Å². The average Bonchev–Trinajstić information content (AvgIpc) is 3.12. The summed E-state index contributed by atoms with van der Waals surface area (Å²) in [5.74, 6) is -1.59. The molecule has 1 unspecified atom stereocenters. The number of halogens is 3. The van der Waals surface area contributed by atoms with E-state index in [9.17, 15) is 14.4 Å². The van der Waals surface area contributed by atoms with E-state index in [-0.39, 0.29) is 60.1 Å². The molecule has 32 heavy (non-hydrogen) atoms. The number of fused-ring (bicyclic) bond motifs is 3. The van der Waals surface area contributed by atoms with Gasteiger partial charge in [-0.2, -0.15) is 5.26 Å². The van der Waals surface area contributed by atoms with Gasteiger partial charge in [0, 0.05) is 43.0 Å². The van der Waals surface area contributed by atoms with Crippen LogP contribution in [-0.4, -0.2) is 43.1 Å². The summed E-state index contributed by atoms with van der Waals surface area (Å²) in [6, 6.07) is 5.57. The molecule has 164 valence electrons. The molecule has 1 saturated heterocycles. The zero-order valence-corrected chi connectivity index (χ0v) is 18.2. The molecule has 2 aromatic carbocycles. The fourth-order valence-corrected chi connectivity index (χ4v) is 5.69. The number of hydrogen-bond donors (Lipinski definition) is 2. The molecule has 3 aromatic rings. The summed E-state index contributed by atoms with van der Waals surface area (Å²) in [5, 5.41) is 13.0. The fourth-order valence-electron chi connectivity index (χ4n) is 4.39. The largest absolute Gasteiger partial charge is 0.491 e. The second-order valence-corrected chi connectivity index (χ2v) is 9.10. The van der Waals surface area contributed by atoms with Crippen molar-refractivity contribution in [3.8, 4) is 22.9 Å². The highest BCUT2D eigenvalue weighted by Crippen LogP contribution is 2.47. The molecule has 1 atom stereocenters. The highest BCUT2D eigenvalue weighted by atomic mass is 35.5. The second-order valence-electron chi connectivity index (χ2n) is 7.67. The van der Waals surface area contributed by atoms with Crippen LogP contribution in [0, 0.1) is 23.0 Å². The van der Waals surface area contributed by atoms with E-state index in [1.807, 2.05) is 6.07 Å². The summed E-state index contributed by atoms with van der Waals surface area (Å²) in [6.07, 6.45) is 0.599. The molecule has 2 aliphatic heterocycles. The fraction of sp³-hybridized carbons (Fsp3) is 0.273. The van der Waals surface area contributed by atoms with Crippen LogP contribution >= 0.6 is 22.9 Å². The van der Waals surface area contributed by atoms with Gasteiger partial charge in [-0.1, -0.05) is 17.7 Å². The van der Waals surface area contributed by atoms with Crippen LogP contribution in [0.5, 0.6) is 5.75 Å². The Morgan fingerprint density at radius 2 is 2.12 bits per heavy atom. The summed E-state index contributed by atoms with van der Waals surface area (Å²) < 4.78 is 35.9. The van der Waals surface area contributed by atoms with E-state index < -0.39 is 11.6 Å². The van der Waals surface area contributed by atoms with Crippen molar-refractivity contribution in [2.75, 3.05) is 32.0 Å². The number of ether oxygens (including phenoxy) is 1. The third-order valence-electron chi connectivity index (χ3n) is 5.91. The van der Waals surface area contributed by atoms with E-state index >= 15 is 4.39 Å². The molecule has 3 N–H and O–H groups in total. The molecule has 0 spiro atoms. The van der Waals surface area contributed by atoms with Crippen LogP contribution in [0.2, 0.25) is 5.02 Å². The Morgan fingerprint density at radius 3 is 2.91 bits per heavy atom. The predicted octanol–water partition coefficient (Wildman–Crippen LogP) is 4.15. The standard InChI is InChI=1S/C22H17ClF2N4O2S/c23-18-17(11-1-2-14(24)20-16(11)13(8-26)21(27)32-20)15(25)7-12-19(18)31-6-3-10-9-28-4-5-29(10)22(12)30/h1-2,7,10,28H,3-6,9,27H2. The molecule has 0 saturated carbocycles. The summed E-state index contributed by atoms with van der Waals surface area (Å²) in [6.45, 7) is 2.09. The van der Waals surface area contributed by atoms with Crippen LogP contribution in [0.1, 0.15) is 22.3 Å². The van der Waals surface area contributed by atoms with Gasteiger partial charge in [0.15, 0.2) is 5.75 Å². The smallest absolute Gasteiger partial charge is 0.258 e. The molecule has 0 aliphatic carbocycles. The van der Waals surface area contributed by atoms with Crippen LogP contribution in [0.3, 0.4) is 0 Å². The first-order valence-corrected chi connectivity index (χ1v) is 11.2. The third kappa shape index (κ3) is 3.10. The van der Waals surface area contributed by atoms with E-state index in [2.05, 4.69) is 5.32 Å². The van der Waals surface area contributed by atoms with Crippen LogP contribution in [0.15, 0.2) is 18.2 Å². The van der Waals surface area contributed by atoms with Crippen molar-refractivity contribution < 1.29 is 18.3 Å². The Morgan fingerprint density at radius 1 is 1.31 bits per heavy atom. The van der Waals surface area contributed by atoms with Gasteiger partial charge in [0.2, 0.25) is 0 Å². The SMILES string of the molecule is N#Cc1c(N)sc2c(F)ccc(-c3c(F)cc4c(c3Cl)OCCC3CNCCN3C4=O)c12. The summed E-state index contributed by atoms with van der Waals surface area (Å²) in [4.78, 5) is 14.9. The monoisotopic (exact) mass is 474 g/mol. The minimum absolute atomic E-state index is 0.0467. The lowest BCUT2D eigenvalue weighted by Crippen LogP contribution is -2.54. The van der Waals surface area contributed by atoms with Crippen molar-refractivity contribution in [2.45, 2.75) is 12.5 Å². The van der Waals surface area contributed by atoms with Crippen molar-refractivity contribution >= 4 is 43.9 Å². The number of nitrogens with zero attached hydrogens (tertiary/aromatic N) is 2. The van der Waals surface area contributed by atoms with Crippen molar-refractivity contribution in [2.24, 2.45) is 0 Å². The number of anilines is 1. The number of thiophene rings is 1. The van der Waals surface area contributed by atoms with Crippen molar-refractivity contribution in [1.82, 2.24) is 10.2 Å². The van der Waals surface area contributed by atoms with Crippen LogP contribution in [0.25, 0.3) is 21.2 Å². The first-order chi connectivity index (χ1) is 15.4. The normalized spacial score (nSPS) is 18.4. The average molecular weight is 475 g/mol. The first-order valence-electron chi connectivity index (χ1n) is 9.99. The molecule has 0 bridgehead atoms. The van der Waals surface area contributed by atoms with Gasteiger partial charge in [0.25, 0.3) is 5.91 Å². The topological polar surface area (TPSA) is 91.4 Å². The second kappa shape index (κ2) is 7.89. The number of amides is 1. The summed E-state index contributed by atoms with van der Waals surface area (Å²) in [5.41, 5.74) is 6.17. The van der Waals surface area contributed by atoms with E-state index in [0.717, 1.165) is 17.4 Å². The van der Waals surface area contributed by atoms with Crippen molar-refractivity contribution in [1.29, 1.82) is 5.26 Å². The molecule has 1 aromatic heterocycles. The molecule has 10 heteroatoms. The Labute approximate surface area is 191 Å². The van der Waals surface area contributed by atoms with Crippen LogP contribution in [0.4, 0.5) is 13.8 Å². The zero-order chi connectivity index (χ0) is 22.6. The lowest BCUT2D eigenvalue weighted by molar-refractivity contribution is 0.0575. The maximum absolute atomic E-state index is 15.5. The van der Waals surface area contributed by atoms with E-state index in [1.54, 1.807) is 4.90 Å². The number of nitrogen functional groups attached to an aromatic ring is 1. The molecule has 1 fully saturated rings. The quantitative estimate of drug-likeness (QED) is 0.553. The van der Waals surface area contributed by atoms with Gasteiger partial charge in [-0.15, -0.1) is 11.3 Å². The molecule has 6 nitrogen and oxygen atoms in total. The Kier molecular flexibility index (Phi) is 5.16. The zero-order valence-electron chi connectivity index (χ0n) is 16.7. The molecular weight excluding hydrogens is 458 g/mol. The highest BCUT2D eigenvalue weighted by molar-refractivity contribution is 7.23. The van der Waals surface area contributed by atoms with E-state index in [4.69, 9.17) is 22.1 Å². The molecule has 2 aliphatic rings. The minimum Gasteiger partial charge on any atom is -0.491 e. The van der Waals surface area contributed by atoms with Crippen molar-refractivity contribution in [3.63, 3.8) is 0 Å². The Bertz CT molecular complexity index is 1320. The highest BCUT2D eigenvalue weighted by Gasteiger charge is 2.34. The van der Waals surface area contributed by atoms with Gasteiger partial charge in [0.05, 0.1) is 27.5 Å². The number of nitriles is 1. The number of benzene rings is 2. The van der Waals surface area contributed by atoms with Gasteiger partial charge in [0.1, 0.15) is 22.7 Å². The van der Waals surface area contributed by atoms with Gasteiger partial charge in [-0.05, 0) is 17.7 Å². The molecule has 1 amide bonds. The minimum atomic E-state index is -0.764. The number of piperazine rings is 1. The maximum Gasteiger partial charge on any atom is 0.258 e. The molecule has 3 heterocycles. The van der Waals surface area contributed by atoms with Gasteiger partial charge in [-0.25, -0.2) is 8.78 Å². The molecule has 5 rings (SSSR count). The van der Waals surface area contributed by atoms with E-state index in [0.29, 0.717) is 32.7 Å². The number of nitrogens with one attached hydrogen (secondary N) is 1.